The highest BCUT2D eigenvalue weighted by Gasteiger charge is 2.20. The number of aromatic nitrogens is 4. The quantitative estimate of drug-likeness (QED) is 0.367. The zero-order chi connectivity index (χ0) is 24.9. The average Bonchev–Trinajstić information content (AvgIpc) is 3.18. The van der Waals surface area contributed by atoms with E-state index in [4.69, 9.17) is 43.5 Å². The number of nitrogens with zero attached hydrogens (tertiary/aromatic N) is 4. The van der Waals surface area contributed by atoms with Crippen LogP contribution >= 0.6 is 23.2 Å². The van der Waals surface area contributed by atoms with Crippen LogP contribution in [0.2, 0.25) is 10.0 Å². The third-order valence-electron chi connectivity index (χ3n) is 4.71. The Hall–Kier alpha value is -2.66. The standard InChI is InChI=1S/C22H28Cl2N6O4/c1-22(2,3)34-21(32)29-19-18-20(27-11-26-19)30(12-28-18)9-14-16(7-6-15(23)17(14)24)33-8-4-5-13(25)10-31/h6-7,11-13,31H,4-5,8-10,25H2,1-3H3,(H,26,27,29,32)/t13-/m1/s1. The monoisotopic (exact) mass is 510 g/mol. The van der Waals surface area contributed by atoms with E-state index in [9.17, 15) is 4.79 Å². The second-order valence-corrected chi connectivity index (χ2v) is 9.45. The van der Waals surface area contributed by atoms with Gasteiger partial charge in [0.05, 0.1) is 36.1 Å². The Bertz CT molecular complexity index is 1150. The second kappa shape index (κ2) is 11.2. The third kappa shape index (κ3) is 6.69. The molecule has 3 aromatic rings. The van der Waals surface area contributed by atoms with E-state index in [-0.39, 0.29) is 25.0 Å². The maximum atomic E-state index is 12.2. The lowest BCUT2D eigenvalue weighted by Gasteiger charge is -2.19. The van der Waals surface area contributed by atoms with Crippen LogP contribution in [0.25, 0.3) is 11.2 Å². The van der Waals surface area contributed by atoms with E-state index in [1.807, 2.05) is 0 Å². The van der Waals surface area contributed by atoms with Crippen molar-refractivity contribution in [3.63, 3.8) is 0 Å². The molecule has 12 heteroatoms. The maximum Gasteiger partial charge on any atom is 0.413 e. The number of aliphatic hydroxyl groups is 1. The zero-order valence-corrected chi connectivity index (χ0v) is 20.7. The Balaban J connectivity index is 1.82. The lowest BCUT2D eigenvalue weighted by atomic mass is 10.2. The van der Waals surface area contributed by atoms with E-state index in [1.54, 1.807) is 43.8 Å². The van der Waals surface area contributed by atoms with Crippen molar-refractivity contribution in [1.82, 2.24) is 19.5 Å². The molecule has 4 N–H and O–H groups in total. The number of fused-ring (bicyclic) bond motifs is 1. The number of rotatable bonds is 9. The highest BCUT2D eigenvalue weighted by Crippen LogP contribution is 2.34. The molecular formula is C22H28Cl2N6O4. The van der Waals surface area contributed by atoms with Crippen molar-refractivity contribution in [2.24, 2.45) is 5.73 Å². The molecule has 1 aromatic carbocycles. The van der Waals surface area contributed by atoms with Crippen molar-refractivity contribution in [2.45, 2.75) is 51.8 Å². The molecule has 34 heavy (non-hydrogen) atoms. The summed E-state index contributed by atoms with van der Waals surface area (Å²) in [6, 6.07) is 3.13. The number of anilines is 1. The summed E-state index contributed by atoms with van der Waals surface area (Å²) in [5.74, 6) is 0.793. The van der Waals surface area contributed by atoms with Gasteiger partial charge in [0.1, 0.15) is 17.7 Å². The molecule has 0 saturated heterocycles. The fraction of sp³-hybridized carbons (Fsp3) is 0.455. The van der Waals surface area contributed by atoms with Gasteiger partial charge >= 0.3 is 6.09 Å². The molecule has 0 radical (unpaired) electrons. The van der Waals surface area contributed by atoms with E-state index in [1.165, 1.54) is 6.33 Å². The van der Waals surface area contributed by atoms with Crippen LogP contribution in [0.4, 0.5) is 10.6 Å². The lowest BCUT2D eigenvalue weighted by Crippen LogP contribution is -2.27. The molecule has 1 amide bonds. The minimum absolute atomic E-state index is 0.0711. The van der Waals surface area contributed by atoms with Crippen molar-refractivity contribution in [3.05, 3.63) is 40.4 Å². The van der Waals surface area contributed by atoms with Gasteiger partial charge in [-0.2, -0.15) is 0 Å². The first-order valence-corrected chi connectivity index (χ1v) is 11.5. The Labute approximate surface area is 207 Å². The van der Waals surface area contributed by atoms with Gasteiger partial charge in [0, 0.05) is 11.6 Å². The summed E-state index contributed by atoms with van der Waals surface area (Å²) < 4.78 is 13.0. The highest BCUT2D eigenvalue weighted by molar-refractivity contribution is 6.42. The van der Waals surface area contributed by atoms with Crippen LogP contribution in [-0.2, 0) is 11.3 Å². The summed E-state index contributed by atoms with van der Waals surface area (Å²) in [7, 11) is 0. The minimum atomic E-state index is -0.654. The van der Waals surface area contributed by atoms with E-state index < -0.39 is 11.7 Å². The first-order valence-electron chi connectivity index (χ1n) is 10.7. The number of imidazole rings is 1. The third-order valence-corrected chi connectivity index (χ3v) is 5.56. The predicted molar refractivity (Wildman–Crippen MR) is 131 cm³/mol. The van der Waals surface area contributed by atoms with Gasteiger partial charge in [-0.05, 0) is 45.7 Å². The molecule has 0 unspecified atom stereocenters. The minimum Gasteiger partial charge on any atom is -0.493 e. The van der Waals surface area contributed by atoms with E-state index in [0.29, 0.717) is 52.0 Å². The summed E-state index contributed by atoms with van der Waals surface area (Å²) >= 11 is 12.8. The molecular weight excluding hydrogens is 483 g/mol. The molecule has 10 nitrogen and oxygen atoms in total. The van der Waals surface area contributed by atoms with Crippen LogP contribution in [-0.4, -0.2) is 55.6 Å². The van der Waals surface area contributed by atoms with Gasteiger partial charge in [-0.15, -0.1) is 0 Å². The van der Waals surface area contributed by atoms with Gasteiger partial charge < -0.3 is 24.9 Å². The molecule has 3 rings (SSSR count). The SMILES string of the molecule is CC(C)(C)OC(=O)Nc1ncnc2c1ncn2Cc1c(OCCC[C@@H](N)CO)ccc(Cl)c1Cl. The molecule has 1 atom stereocenters. The van der Waals surface area contributed by atoms with Gasteiger partial charge in [0.25, 0.3) is 0 Å². The number of halogens is 2. The smallest absolute Gasteiger partial charge is 0.413 e. The zero-order valence-electron chi connectivity index (χ0n) is 19.2. The number of aliphatic hydroxyl groups excluding tert-OH is 1. The molecule has 0 fully saturated rings. The number of nitrogens with two attached hydrogens (primary N) is 1. The van der Waals surface area contributed by atoms with E-state index >= 15 is 0 Å². The summed E-state index contributed by atoms with van der Waals surface area (Å²) in [5, 5.41) is 12.4. The molecule has 0 aliphatic heterocycles. The number of carbonyl (C=O) groups excluding carboxylic acids is 1. The van der Waals surface area contributed by atoms with Crippen molar-refractivity contribution in [3.8, 4) is 5.75 Å². The fourth-order valence-corrected chi connectivity index (χ4v) is 3.53. The summed E-state index contributed by atoms with van der Waals surface area (Å²) in [5.41, 5.74) is 6.62. The van der Waals surface area contributed by atoms with Crippen molar-refractivity contribution in [1.29, 1.82) is 0 Å². The lowest BCUT2D eigenvalue weighted by molar-refractivity contribution is 0.0635. The number of hydrogen-bond donors (Lipinski definition) is 3. The largest absolute Gasteiger partial charge is 0.493 e. The fourth-order valence-electron chi connectivity index (χ4n) is 3.13. The molecule has 0 bridgehead atoms. The van der Waals surface area contributed by atoms with Gasteiger partial charge in [0.2, 0.25) is 0 Å². The predicted octanol–water partition coefficient (Wildman–Crippen LogP) is 4.01. The van der Waals surface area contributed by atoms with E-state index in [2.05, 4.69) is 20.3 Å². The van der Waals surface area contributed by atoms with Crippen LogP contribution in [0.3, 0.4) is 0 Å². The first-order chi connectivity index (χ1) is 16.1. The van der Waals surface area contributed by atoms with Gasteiger partial charge in [-0.1, -0.05) is 23.2 Å². The highest BCUT2D eigenvalue weighted by atomic mass is 35.5. The van der Waals surface area contributed by atoms with Crippen molar-refractivity contribution >= 4 is 46.3 Å². The Morgan fingerprint density at radius 1 is 1.26 bits per heavy atom. The maximum absolute atomic E-state index is 12.2. The van der Waals surface area contributed by atoms with Gasteiger partial charge in [-0.25, -0.2) is 19.7 Å². The molecule has 2 heterocycles. The average molecular weight is 511 g/mol. The molecule has 184 valence electrons. The Kier molecular flexibility index (Phi) is 8.53. The normalized spacial score (nSPS) is 12.6. The van der Waals surface area contributed by atoms with Crippen LogP contribution in [0.15, 0.2) is 24.8 Å². The number of carbonyl (C=O) groups is 1. The summed E-state index contributed by atoms with van der Waals surface area (Å²) in [4.78, 5) is 25.0. The van der Waals surface area contributed by atoms with Gasteiger partial charge in [0.15, 0.2) is 17.0 Å². The number of amides is 1. The molecule has 2 aromatic heterocycles. The Morgan fingerprint density at radius 3 is 2.74 bits per heavy atom. The van der Waals surface area contributed by atoms with Gasteiger partial charge in [-0.3, -0.25) is 5.32 Å². The van der Waals surface area contributed by atoms with Crippen molar-refractivity contribution < 1.29 is 19.4 Å². The van der Waals surface area contributed by atoms with Crippen LogP contribution in [0.1, 0.15) is 39.2 Å². The molecule has 0 spiro atoms. The second-order valence-electron chi connectivity index (χ2n) is 8.67. The first kappa shape index (κ1) is 26.0. The number of benzene rings is 1. The summed E-state index contributed by atoms with van der Waals surface area (Å²) in [6.45, 7) is 5.91. The molecule has 0 saturated carbocycles. The van der Waals surface area contributed by atoms with Crippen LogP contribution in [0.5, 0.6) is 5.75 Å². The molecule has 0 aliphatic carbocycles. The van der Waals surface area contributed by atoms with Crippen LogP contribution < -0.4 is 15.8 Å². The topological polar surface area (TPSA) is 137 Å². The van der Waals surface area contributed by atoms with E-state index in [0.717, 1.165) is 0 Å². The Morgan fingerprint density at radius 2 is 2.03 bits per heavy atom. The molecule has 0 aliphatic rings. The summed E-state index contributed by atoms with van der Waals surface area (Å²) in [6.07, 6.45) is 3.55. The number of ether oxygens (including phenoxy) is 2. The van der Waals surface area contributed by atoms with Crippen LogP contribution in [0, 0.1) is 0 Å². The number of hydrogen-bond acceptors (Lipinski definition) is 8. The van der Waals surface area contributed by atoms with Crippen molar-refractivity contribution in [2.75, 3.05) is 18.5 Å². The number of nitrogens with one attached hydrogen (secondary N) is 1.